The second-order valence-electron chi connectivity index (χ2n) is 5.43. The highest BCUT2D eigenvalue weighted by atomic mass is 32.2. The zero-order chi connectivity index (χ0) is 13.3. The molecule has 0 aliphatic carbocycles. The van der Waals surface area contributed by atoms with E-state index in [1.807, 2.05) is 22.6 Å². The molecule has 2 N–H and O–H groups in total. The molecule has 100 valence electrons. The minimum atomic E-state index is 0.00465. The number of thioether (sulfide) groups is 1. The maximum atomic E-state index is 12.5. The van der Waals surface area contributed by atoms with Crippen molar-refractivity contribution in [3.8, 4) is 0 Å². The molecule has 5 heteroatoms. The van der Waals surface area contributed by atoms with E-state index in [1.165, 1.54) is 11.3 Å². The summed E-state index contributed by atoms with van der Waals surface area (Å²) in [5.41, 5.74) is 6.11. The third-order valence-corrected chi connectivity index (χ3v) is 5.45. The van der Waals surface area contributed by atoms with Crippen molar-refractivity contribution in [3.05, 3.63) is 16.3 Å². The lowest BCUT2D eigenvalue weighted by Gasteiger charge is -2.42. The van der Waals surface area contributed by atoms with E-state index in [9.17, 15) is 4.79 Å². The van der Waals surface area contributed by atoms with Crippen LogP contribution in [-0.2, 0) is 0 Å². The second kappa shape index (κ2) is 5.23. The maximum Gasteiger partial charge on any atom is 0.265 e. The smallest absolute Gasteiger partial charge is 0.265 e. The van der Waals surface area contributed by atoms with Crippen molar-refractivity contribution in [2.24, 2.45) is 11.1 Å². The molecule has 1 saturated heterocycles. The number of carbonyl (C=O) groups excluding carboxylic acids is 1. The van der Waals surface area contributed by atoms with Crippen LogP contribution in [0.4, 0.5) is 0 Å². The van der Waals surface area contributed by atoms with Gasteiger partial charge in [-0.1, -0.05) is 13.8 Å². The summed E-state index contributed by atoms with van der Waals surface area (Å²) in [4.78, 5) is 16.4. The summed E-state index contributed by atoms with van der Waals surface area (Å²) in [6.07, 6.45) is 2.90. The molecule has 3 nitrogen and oxygen atoms in total. The maximum absolute atomic E-state index is 12.5. The van der Waals surface area contributed by atoms with Gasteiger partial charge in [-0.05, 0) is 29.5 Å². The van der Waals surface area contributed by atoms with Gasteiger partial charge in [-0.15, -0.1) is 23.1 Å². The van der Waals surface area contributed by atoms with E-state index in [2.05, 4.69) is 13.8 Å². The van der Waals surface area contributed by atoms with Crippen LogP contribution >= 0.6 is 23.1 Å². The lowest BCUT2D eigenvalue weighted by Crippen LogP contribution is -2.53. The standard InChI is InChI=1S/C13H20N2OS2/c1-13(2)8-15(6-4-10(13)14)12(16)11-9(17-3)5-7-18-11/h5,7,10H,4,6,8,14H2,1-3H3. The summed E-state index contributed by atoms with van der Waals surface area (Å²) in [7, 11) is 0. The van der Waals surface area contributed by atoms with Crippen LogP contribution in [0, 0.1) is 5.41 Å². The SMILES string of the molecule is CSc1ccsc1C(=O)N1CCC(N)C(C)(C)C1. The number of piperidine rings is 1. The number of nitrogens with zero attached hydrogens (tertiary/aromatic N) is 1. The average molecular weight is 284 g/mol. The van der Waals surface area contributed by atoms with Crippen LogP contribution in [0.3, 0.4) is 0 Å². The first-order valence-corrected chi connectivity index (χ1v) is 8.22. The summed E-state index contributed by atoms with van der Waals surface area (Å²) < 4.78 is 0. The van der Waals surface area contributed by atoms with E-state index in [4.69, 9.17) is 5.73 Å². The lowest BCUT2D eigenvalue weighted by molar-refractivity contribution is 0.0534. The number of hydrogen-bond donors (Lipinski definition) is 1. The van der Waals surface area contributed by atoms with Gasteiger partial charge in [-0.25, -0.2) is 0 Å². The highest BCUT2D eigenvalue weighted by Crippen LogP contribution is 2.32. The summed E-state index contributed by atoms with van der Waals surface area (Å²) in [6.45, 7) is 5.80. The first kappa shape index (κ1) is 13.9. The molecule has 1 atom stereocenters. The van der Waals surface area contributed by atoms with Crippen LogP contribution in [0.2, 0.25) is 0 Å². The largest absolute Gasteiger partial charge is 0.337 e. The van der Waals surface area contributed by atoms with Gasteiger partial charge in [0.05, 0.1) is 0 Å². The number of nitrogens with two attached hydrogens (primary N) is 1. The van der Waals surface area contributed by atoms with Gasteiger partial charge < -0.3 is 10.6 Å². The molecule has 1 fully saturated rings. The number of thiophene rings is 1. The third kappa shape index (κ3) is 2.58. The first-order valence-electron chi connectivity index (χ1n) is 6.12. The summed E-state index contributed by atoms with van der Waals surface area (Å²) in [5, 5.41) is 1.99. The Labute approximate surface area is 117 Å². The topological polar surface area (TPSA) is 46.3 Å². The van der Waals surface area contributed by atoms with E-state index in [1.54, 1.807) is 11.8 Å². The van der Waals surface area contributed by atoms with E-state index >= 15 is 0 Å². The quantitative estimate of drug-likeness (QED) is 0.849. The van der Waals surface area contributed by atoms with Gasteiger partial charge in [0, 0.05) is 24.0 Å². The Balaban J connectivity index is 2.16. The van der Waals surface area contributed by atoms with Gasteiger partial charge in [0.25, 0.3) is 5.91 Å². The van der Waals surface area contributed by atoms with Gasteiger partial charge in [0.15, 0.2) is 0 Å². The molecular weight excluding hydrogens is 264 g/mol. The van der Waals surface area contributed by atoms with Crippen molar-refractivity contribution in [1.29, 1.82) is 0 Å². The molecule has 0 saturated carbocycles. The fourth-order valence-corrected chi connectivity index (χ4v) is 4.02. The summed E-state index contributed by atoms with van der Waals surface area (Å²) in [6, 6.07) is 2.20. The van der Waals surface area contributed by atoms with E-state index in [0.717, 1.165) is 29.3 Å². The zero-order valence-corrected chi connectivity index (χ0v) is 12.7. The van der Waals surface area contributed by atoms with Gasteiger partial charge in [-0.3, -0.25) is 4.79 Å². The third-order valence-electron chi connectivity index (χ3n) is 3.64. The number of rotatable bonds is 2. The molecule has 18 heavy (non-hydrogen) atoms. The number of likely N-dealkylation sites (tertiary alicyclic amines) is 1. The Hall–Kier alpha value is -0.520. The van der Waals surface area contributed by atoms with Gasteiger partial charge in [0.2, 0.25) is 0 Å². The van der Waals surface area contributed by atoms with Crippen LogP contribution in [0.25, 0.3) is 0 Å². The van der Waals surface area contributed by atoms with Crippen LogP contribution < -0.4 is 5.73 Å². The van der Waals surface area contributed by atoms with Crippen LogP contribution in [0.1, 0.15) is 29.9 Å². The highest BCUT2D eigenvalue weighted by Gasteiger charge is 2.36. The van der Waals surface area contributed by atoms with Crippen LogP contribution in [-0.4, -0.2) is 36.2 Å². The molecule has 1 aliphatic heterocycles. The Morgan fingerprint density at radius 1 is 1.61 bits per heavy atom. The molecule has 0 bridgehead atoms. The van der Waals surface area contributed by atoms with Crippen molar-refractivity contribution < 1.29 is 4.79 Å². The van der Waals surface area contributed by atoms with Crippen LogP contribution in [0.5, 0.6) is 0 Å². The monoisotopic (exact) mass is 284 g/mol. The fraction of sp³-hybridized carbons (Fsp3) is 0.615. The molecule has 0 radical (unpaired) electrons. The highest BCUT2D eigenvalue weighted by molar-refractivity contribution is 7.98. The predicted molar refractivity (Wildman–Crippen MR) is 78.4 cm³/mol. The predicted octanol–water partition coefficient (Wildman–Crippen LogP) is 2.67. The van der Waals surface area contributed by atoms with Crippen molar-refractivity contribution in [3.63, 3.8) is 0 Å². The molecule has 1 unspecified atom stereocenters. The van der Waals surface area contributed by atoms with Crippen molar-refractivity contribution in [2.45, 2.75) is 31.2 Å². The fourth-order valence-electron chi connectivity index (χ4n) is 2.31. The summed E-state index contributed by atoms with van der Waals surface area (Å²) >= 11 is 3.17. The molecule has 1 aromatic heterocycles. The number of amides is 1. The Morgan fingerprint density at radius 2 is 2.33 bits per heavy atom. The molecule has 0 aromatic carbocycles. The van der Waals surface area contributed by atoms with Crippen molar-refractivity contribution >= 4 is 29.0 Å². The van der Waals surface area contributed by atoms with E-state index in [0.29, 0.717) is 0 Å². The molecular formula is C13H20N2OS2. The summed E-state index contributed by atoms with van der Waals surface area (Å²) in [5.74, 6) is 0.161. The minimum Gasteiger partial charge on any atom is -0.337 e. The molecule has 2 heterocycles. The first-order chi connectivity index (χ1) is 8.45. The van der Waals surface area contributed by atoms with Crippen molar-refractivity contribution in [2.75, 3.05) is 19.3 Å². The van der Waals surface area contributed by atoms with Crippen LogP contribution in [0.15, 0.2) is 16.3 Å². The molecule has 2 rings (SSSR count). The van der Waals surface area contributed by atoms with Gasteiger partial charge >= 0.3 is 0 Å². The Morgan fingerprint density at radius 3 is 2.94 bits per heavy atom. The normalized spacial score (nSPS) is 23.1. The van der Waals surface area contributed by atoms with Gasteiger partial charge in [-0.2, -0.15) is 0 Å². The molecule has 1 aliphatic rings. The Bertz CT molecular complexity index is 442. The van der Waals surface area contributed by atoms with E-state index < -0.39 is 0 Å². The molecule has 1 amide bonds. The van der Waals surface area contributed by atoms with Gasteiger partial charge in [0.1, 0.15) is 4.88 Å². The number of hydrogen-bond acceptors (Lipinski definition) is 4. The minimum absolute atomic E-state index is 0.00465. The zero-order valence-electron chi connectivity index (χ0n) is 11.1. The van der Waals surface area contributed by atoms with Crippen molar-refractivity contribution in [1.82, 2.24) is 4.90 Å². The molecule has 0 spiro atoms. The lowest BCUT2D eigenvalue weighted by atomic mass is 9.79. The number of carbonyl (C=O) groups is 1. The molecule has 1 aromatic rings. The average Bonchev–Trinajstić information content (AvgIpc) is 2.79. The second-order valence-corrected chi connectivity index (χ2v) is 7.19. The van der Waals surface area contributed by atoms with E-state index in [-0.39, 0.29) is 17.4 Å². The Kier molecular flexibility index (Phi) is 4.04.